The van der Waals surface area contributed by atoms with Crippen molar-refractivity contribution < 1.29 is 0 Å². The van der Waals surface area contributed by atoms with Gasteiger partial charge in [0.2, 0.25) is 5.95 Å². The maximum absolute atomic E-state index is 4.62. The fraction of sp³-hybridized carbons (Fsp3) is 0.190. The molecule has 0 bridgehead atoms. The minimum Gasteiger partial charge on any atom is -0.388 e. The van der Waals surface area contributed by atoms with Crippen molar-refractivity contribution in [1.82, 2.24) is 20.2 Å². The van der Waals surface area contributed by atoms with Gasteiger partial charge in [-0.05, 0) is 49.2 Å². The van der Waals surface area contributed by atoms with E-state index >= 15 is 0 Å². The van der Waals surface area contributed by atoms with E-state index in [0.29, 0.717) is 12.5 Å². The van der Waals surface area contributed by atoms with E-state index in [4.69, 9.17) is 0 Å². The quantitative estimate of drug-likeness (QED) is 0.401. The molecule has 4 rings (SSSR count). The normalized spacial score (nSPS) is 10.8. The number of rotatable bonds is 6. The van der Waals surface area contributed by atoms with E-state index in [1.165, 1.54) is 0 Å². The van der Waals surface area contributed by atoms with Crippen LogP contribution >= 0.6 is 0 Å². The zero-order chi connectivity index (χ0) is 19.5. The number of H-pyrrole nitrogens is 1. The summed E-state index contributed by atoms with van der Waals surface area (Å²) in [4.78, 5) is 9.14. The van der Waals surface area contributed by atoms with Gasteiger partial charge in [-0.3, -0.25) is 5.10 Å². The largest absolute Gasteiger partial charge is 0.388 e. The van der Waals surface area contributed by atoms with Gasteiger partial charge >= 0.3 is 0 Å². The molecule has 0 aliphatic heterocycles. The van der Waals surface area contributed by atoms with Gasteiger partial charge in [0.25, 0.3) is 0 Å². The summed E-state index contributed by atoms with van der Waals surface area (Å²) in [5.74, 6) is 1.36. The molecule has 4 N–H and O–H groups in total. The van der Waals surface area contributed by atoms with Gasteiger partial charge in [0.1, 0.15) is 5.82 Å². The molecule has 0 saturated carbocycles. The molecule has 0 saturated heterocycles. The maximum atomic E-state index is 4.62. The standard InChI is InChI=1S/C21H23N7/c1-13-9-20(23-11-15-7-8-19-16(10-15)12-24-28-19)27-21(25-13)26-18-6-4-5-17(22-3)14(18)2/h4-10,12,22H,11H2,1-3H3,(H,24,28)(H2,23,25,26,27). The third kappa shape index (κ3) is 3.73. The number of benzene rings is 2. The maximum Gasteiger partial charge on any atom is 0.229 e. The van der Waals surface area contributed by atoms with E-state index in [1.807, 2.05) is 50.5 Å². The molecule has 0 radical (unpaired) electrons. The average Bonchev–Trinajstić information content (AvgIpc) is 3.15. The Kier molecular flexibility index (Phi) is 4.80. The van der Waals surface area contributed by atoms with Crippen molar-refractivity contribution in [2.24, 2.45) is 0 Å². The summed E-state index contributed by atoms with van der Waals surface area (Å²) in [5.41, 5.74) is 6.27. The zero-order valence-electron chi connectivity index (χ0n) is 16.2. The number of aromatic amines is 1. The van der Waals surface area contributed by atoms with E-state index in [-0.39, 0.29) is 0 Å². The van der Waals surface area contributed by atoms with Gasteiger partial charge in [0.15, 0.2) is 0 Å². The van der Waals surface area contributed by atoms with Crippen molar-refractivity contribution >= 4 is 34.0 Å². The molecule has 0 amide bonds. The Bertz CT molecular complexity index is 1120. The molecule has 28 heavy (non-hydrogen) atoms. The minimum absolute atomic E-state index is 0.573. The van der Waals surface area contributed by atoms with E-state index < -0.39 is 0 Å². The van der Waals surface area contributed by atoms with E-state index in [1.54, 1.807) is 0 Å². The molecule has 4 aromatic rings. The molecule has 7 heteroatoms. The second-order valence-corrected chi connectivity index (χ2v) is 6.72. The number of nitrogens with zero attached hydrogens (tertiary/aromatic N) is 3. The van der Waals surface area contributed by atoms with Crippen molar-refractivity contribution in [2.75, 3.05) is 23.0 Å². The van der Waals surface area contributed by atoms with Crippen molar-refractivity contribution in [3.63, 3.8) is 0 Å². The van der Waals surface area contributed by atoms with Gasteiger partial charge in [-0.25, -0.2) is 4.98 Å². The van der Waals surface area contributed by atoms with E-state index in [2.05, 4.69) is 55.2 Å². The first-order chi connectivity index (χ1) is 13.6. The summed E-state index contributed by atoms with van der Waals surface area (Å²) in [6, 6.07) is 14.2. The molecule has 0 aliphatic rings. The van der Waals surface area contributed by atoms with Crippen molar-refractivity contribution in [3.05, 3.63) is 65.5 Å². The highest BCUT2D eigenvalue weighted by Gasteiger charge is 2.07. The number of aryl methyl sites for hydroxylation is 1. The van der Waals surface area contributed by atoms with E-state index in [9.17, 15) is 0 Å². The van der Waals surface area contributed by atoms with E-state index in [0.717, 1.165) is 44.9 Å². The van der Waals surface area contributed by atoms with Gasteiger partial charge in [0.05, 0.1) is 11.7 Å². The lowest BCUT2D eigenvalue weighted by Crippen LogP contribution is -2.06. The highest BCUT2D eigenvalue weighted by molar-refractivity contribution is 5.78. The molecule has 0 unspecified atom stereocenters. The van der Waals surface area contributed by atoms with Crippen LogP contribution < -0.4 is 16.0 Å². The van der Waals surface area contributed by atoms with Crippen LogP contribution in [0.15, 0.2) is 48.7 Å². The molecule has 0 fully saturated rings. The SMILES string of the molecule is CNc1cccc(Nc2nc(C)cc(NCc3ccc4[nH]ncc4c3)n2)c1C. The molecule has 2 heterocycles. The summed E-state index contributed by atoms with van der Waals surface area (Å²) in [7, 11) is 1.91. The number of anilines is 4. The Morgan fingerprint density at radius 3 is 2.71 bits per heavy atom. The Labute approximate surface area is 163 Å². The van der Waals surface area contributed by atoms with Gasteiger partial charge in [-0.2, -0.15) is 10.1 Å². The van der Waals surface area contributed by atoms with Crippen LogP contribution in [0.4, 0.5) is 23.1 Å². The van der Waals surface area contributed by atoms with Crippen molar-refractivity contribution in [3.8, 4) is 0 Å². The van der Waals surface area contributed by atoms with Gasteiger partial charge < -0.3 is 16.0 Å². The lowest BCUT2D eigenvalue weighted by Gasteiger charge is -2.13. The highest BCUT2D eigenvalue weighted by atomic mass is 15.1. The lowest BCUT2D eigenvalue weighted by atomic mass is 10.1. The third-order valence-corrected chi connectivity index (χ3v) is 4.68. The molecule has 0 atom stereocenters. The van der Waals surface area contributed by atoms with Crippen molar-refractivity contribution in [1.29, 1.82) is 0 Å². The average molecular weight is 373 g/mol. The smallest absolute Gasteiger partial charge is 0.229 e. The predicted octanol–water partition coefficient (Wildman–Crippen LogP) is 4.37. The summed E-state index contributed by atoms with van der Waals surface area (Å²) in [6.45, 7) is 4.70. The third-order valence-electron chi connectivity index (χ3n) is 4.68. The molecular weight excluding hydrogens is 350 g/mol. The van der Waals surface area contributed by atoms with Crippen molar-refractivity contribution in [2.45, 2.75) is 20.4 Å². The minimum atomic E-state index is 0.573. The number of hydrogen-bond acceptors (Lipinski definition) is 6. The number of aromatic nitrogens is 4. The topological polar surface area (TPSA) is 90.6 Å². The lowest BCUT2D eigenvalue weighted by molar-refractivity contribution is 1.06. The second kappa shape index (κ2) is 7.56. The number of nitrogens with one attached hydrogen (secondary N) is 4. The Hall–Kier alpha value is -3.61. The number of fused-ring (bicyclic) bond motifs is 1. The summed E-state index contributed by atoms with van der Waals surface area (Å²) >= 11 is 0. The molecule has 7 nitrogen and oxygen atoms in total. The van der Waals surface area contributed by atoms with Crippen LogP contribution in [-0.4, -0.2) is 27.2 Å². The highest BCUT2D eigenvalue weighted by Crippen LogP contribution is 2.25. The van der Waals surface area contributed by atoms with Crippen LogP contribution in [0.25, 0.3) is 10.9 Å². The molecule has 0 spiro atoms. The van der Waals surface area contributed by atoms with Crippen LogP contribution in [0, 0.1) is 13.8 Å². The molecule has 2 aromatic heterocycles. The Morgan fingerprint density at radius 2 is 1.86 bits per heavy atom. The van der Waals surface area contributed by atoms with Crippen LogP contribution in [0.5, 0.6) is 0 Å². The fourth-order valence-corrected chi connectivity index (χ4v) is 3.17. The number of hydrogen-bond donors (Lipinski definition) is 4. The van der Waals surface area contributed by atoms with Gasteiger partial charge in [-0.1, -0.05) is 12.1 Å². The van der Waals surface area contributed by atoms with Crippen LogP contribution in [0.2, 0.25) is 0 Å². The first kappa shape index (κ1) is 17.8. The first-order valence-electron chi connectivity index (χ1n) is 9.18. The summed E-state index contributed by atoms with van der Waals surface area (Å²) in [6.07, 6.45) is 1.83. The van der Waals surface area contributed by atoms with Crippen LogP contribution in [0.3, 0.4) is 0 Å². The second-order valence-electron chi connectivity index (χ2n) is 6.72. The molecule has 142 valence electrons. The molecule has 2 aromatic carbocycles. The van der Waals surface area contributed by atoms with Gasteiger partial charge in [0, 0.05) is 42.1 Å². The predicted molar refractivity (Wildman–Crippen MR) is 114 cm³/mol. The molecule has 0 aliphatic carbocycles. The van der Waals surface area contributed by atoms with Crippen LogP contribution in [0.1, 0.15) is 16.8 Å². The zero-order valence-corrected chi connectivity index (χ0v) is 16.2. The monoisotopic (exact) mass is 373 g/mol. The molecular formula is C21H23N7. The summed E-state index contributed by atoms with van der Waals surface area (Å²) in [5, 5.41) is 18.0. The van der Waals surface area contributed by atoms with Gasteiger partial charge in [-0.15, -0.1) is 0 Å². The van der Waals surface area contributed by atoms with Crippen LogP contribution in [-0.2, 0) is 6.54 Å². The Morgan fingerprint density at radius 1 is 1.00 bits per heavy atom. The fourth-order valence-electron chi connectivity index (χ4n) is 3.17. The Balaban J connectivity index is 1.52. The summed E-state index contributed by atoms with van der Waals surface area (Å²) < 4.78 is 0. The first-order valence-corrected chi connectivity index (χ1v) is 9.18.